The third-order valence-electron chi connectivity index (χ3n) is 6.27. The van der Waals surface area contributed by atoms with E-state index in [1.165, 1.54) is 56.7 Å². The molecular formula is C31H27N5O8S. The van der Waals surface area contributed by atoms with Crippen LogP contribution in [0.3, 0.4) is 0 Å². The van der Waals surface area contributed by atoms with E-state index in [9.17, 15) is 18.6 Å². The highest BCUT2D eigenvalue weighted by Gasteiger charge is 2.17. The van der Waals surface area contributed by atoms with Gasteiger partial charge in [-0.25, -0.2) is 8.42 Å². The lowest BCUT2D eigenvalue weighted by Gasteiger charge is -2.04. The number of azo groups is 1. The molecule has 3 N–H and O–H groups in total. The van der Waals surface area contributed by atoms with Crippen LogP contribution < -0.4 is 14.2 Å². The van der Waals surface area contributed by atoms with Crippen LogP contribution in [0.15, 0.2) is 90.9 Å². The van der Waals surface area contributed by atoms with E-state index in [1.54, 1.807) is 55.5 Å². The van der Waals surface area contributed by atoms with Crippen molar-refractivity contribution in [3.63, 3.8) is 0 Å². The number of sulfonamides is 1. The maximum atomic E-state index is 12.7. The van der Waals surface area contributed by atoms with E-state index in [1.807, 2.05) is 0 Å². The Morgan fingerprint density at radius 3 is 1.98 bits per heavy atom. The van der Waals surface area contributed by atoms with E-state index >= 15 is 0 Å². The Morgan fingerprint density at radius 1 is 0.778 bits per heavy atom. The monoisotopic (exact) mass is 629 g/mol. The lowest BCUT2D eigenvalue weighted by atomic mass is 10.1. The van der Waals surface area contributed by atoms with Gasteiger partial charge >= 0.3 is 0 Å². The number of phenolic OH excluding ortho intramolecular Hbond substituents is 2. The molecule has 230 valence electrons. The van der Waals surface area contributed by atoms with Crippen LogP contribution in [0.2, 0.25) is 0 Å². The lowest BCUT2D eigenvalue weighted by molar-refractivity contribution is 0.373. The van der Waals surface area contributed by atoms with Crippen molar-refractivity contribution in [1.82, 2.24) is 10.3 Å². The van der Waals surface area contributed by atoms with Gasteiger partial charge in [-0.15, -0.1) is 5.11 Å². The maximum Gasteiger partial charge on any atom is 0.263 e. The molecule has 13 nitrogen and oxygen atoms in total. The van der Waals surface area contributed by atoms with Gasteiger partial charge in [0.15, 0.2) is 40.3 Å². The Balaban J connectivity index is 1.44. The van der Waals surface area contributed by atoms with Crippen molar-refractivity contribution in [1.29, 1.82) is 0 Å². The normalized spacial score (nSPS) is 12.0. The van der Waals surface area contributed by atoms with Gasteiger partial charge in [0.25, 0.3) is 10.0 Å². The van der Waals surface area contributed by atoms with E-state index in [0.29, 0.717) is 39.9 Å². The number of methoxy groups -OCH3 is 2. The van der Waals surface area contributed by atoms with Crippen LogP contribution in [0.25, 0.3) is 24.3 Å². The predicted molar refractivity (Wildman–Crippen MR) is 166 cm³/mol. The summed E-state index contributed by atoms with van der Waals surface area (Å²) in [6, 6.07) is 16.9. The quantitative estimate of drug-likeness (QED) is 0.129. The van der Waals surface area contributed by atoms with Gasteiger partial charge in [-0.1, -0.05) is 34.6 Å². The van der Waals surface area contributed by atoms with Crippen LogP contribution >= 0.6 is 0 Å². The van der Waals surface area contributed by atoms with E-state index in [2.05, 4.69) is 25.3 Å². The van der Waals surface area contributed by atoms with E-state index in [-0.39, 0.29) is 28.0 Å². The van der Waals surface area contributed by atoms with E-state index in [0.717, 1.165) is 5.56 Å². The SMILES string of the molecule is COc1cc(/C=C/c2noc(/C=C/c3ccc(O)c(OC)c3)c2N=Nc2ccc(S(=O)(=O)Nc3cc(C)on3)cc2)ccc1O. The minimum absolute atomic E-state index is 0.00457. The van der Waals surface area contributed by atoms with Crippen molar-refractivity contribution in [2.45, 2.75) is 11.8 Å². The summed E-state index contributed by atoms with van der Waals surface area (Å²) in [6.45, 7) is 1.65. The third-order valence-corrected chi connectivity index (χ3v) is 7.64. The van der Waals surface area contributed by atoms with Crippen molar-refractivity contribution in [2.24, 2.45) is 10.2 Å². The molecule has 0 aliphatic carbocycles. The van der Waals surface area contributed by atoms with Crippen LogP contribution in [-0.4, -0.2) is 43.2 Å². The molecule has 3 aromatic carbocycles. The largest absolute Gasteiger partial charge is 0.504 e. The van der Waals surface area contributed by atoms with E-state index < -0.39 is 10.0 Å². The zero-order chi connectivity index (χ0) is 32.0. The number of aromatic hydroxyl groups is 2. The first kappa shape index (κ1) is 30.6. The van der Waals surface area contributed by atoms with E-state index in [4.69, 9.17) is 18.5 Å². The lowest BCUT2D eigenvalue weighted by Crippen LogP contribution is -2.12. The first-order valence-corrected chi connectivity index (χ1v) is 14.7. The number of nitrogens with zero attached hydrogens (tertiary/aromatic N) is 4. The summed E-state index contributed by atoms with van der Waals surface area (Å²) in [5.41, 5.74) is 2.43. The molecule has 0 saturated carbocycles. The fraction of sp³-hybridized carbons (Fsp3) is 0.0968. The van der Waals surface area contributed by atoms with Crippen LogP contribution in [0.1, 0.15) is 28.3 Å². The summed E-state index contributed by atoms with van der Waals surface area (Å²) in [4.78, 5) is -0.00650. The fourth-order valence-corrected chi connectivity index (χ4v) is 4.97. The number of phenols is 2. The molecule has 0 spiro atoms. The van der Waals surface area contributed by atoms with Gasteiger partial charge in [-0.3, -0.25) is 4.72 Å². The average molecular weight is 630 g/mol. The maximum absolute atomic E-state index is 12.7. The summed E-state index contributed by atoms with van der Waals surface area (Å²) in [7, 11) is -0.999. The van der Waals surface area contributed by atoms with Gasteiger partial charge in [-0.05, 0) is 78.7 Å². The molecule has 0 atom stereocenters. The van der Waals surface area contributed by atoms with Crippen molar-refractivity contribution < 1.29 is 37.2 Å². The molecule has 2 heterocycles. The zero-order valence-electron chi connectivity index (χ0n) is 24.2. The van der Waals surface area contributed by atoms with Crippen LogP contribution in [0, 0.1) is 6.92 Å². The number of aromatic nitrogens is 2. The summed E-state index contributed by atoms with van der Waals surface area (Å²) in [5, 5.41) is 36.2. The van der Waals surface area contributed by atoms with Gasteiger partial charge in [-0.2, -0.15) is 5.11 Å². The Hall–Kier alpha value is -5.89. The second-order valence-corrected chi connectivity index (χ2v) is 11.1. The molecule has 5 rings (SSSR count). The first-order chi connectivity index (χ1) is 21.6. The van der Waals surface area contributed by atoms with Gasteiger partial charge in [0.1, 0.15) is 11.5 Å². The number of benzene rings is 3. The highest BCUT2D eigenvalue weighted by atomic mass is 32.2. The minimum Gasteiger partial charge on any atom is -0.504 e. The number of nitrogens with one attached hydrogen (secondary N) is 1. The number of aryl methyl sites for hydroxylation is 1. The van der Waals surface area contributed by atoms with Crippen LogP contribution in [-0.2, 0) is 10.0 Å². The van der Waals surface area contributed by atoms with Crippen LogP contribution in [0.5, 0.6) is 23.0 Å². The van der Waals surface area contributed by atoms with Crippen molar-refractivity contribution in [3.05, 3.63) is 95.1 Å². The Morgan fingerprint density at radius 2 is 1.40 bits per heavy atom. The number of anilines is 1. The molecule has 0 amide bonds. The standard InChI is InChI=1S/C31H27N5O8S/c1-19-16-30(35-43-19)36-45(39,40)23-10-8-22(9-11-23)32-33-31-24(12-4-20-5-13-25(37)28(17-20)41-2)34-44-27(31)15-7-21-6-14-26(38)29(18-21)42-3/h4-18,37-38H,1-3H3,(H,35,36)/b12-4+,15-7+,33-32?. The highest BCUT2D eigenvalue weighted by Crippen LogP contribution is 2.33. The van der Waals surface area contributed by atoms with Gasteiger partial charge in [0, 0.05) is 6.07 Å². The minimum atomic E-state index is -3.91. The summed E-state index contributed by atoms with van der Waals surface area (Å²) in [5.74, 6) is 1.44. The molecule has 0 bridgehead atoms. The number of ether oxygens (including phenoxy) is 2. The molecule has 0 aliphatic heterocycles. The van der Waals surface area contributed by atoms with Crippen LogP contribution in [0.4, 0.5) is 17.2 Å². The second kappa shape index (κ2) is 13.2. The molecule has 0 aliphatic rings. The number of rotatable bonds is 11. The number of hydrogen-bond donors (Lipinski definition) is 3. The Labute approximate surface area is 257 Å². The smallest absolute Gasteiger partial charge is 0.263 e. The number of hydrogen-bond acceptors (Lipinski definition) is 12. The van der Waals surface area contributed by atoms with Crippen molar-refractivity contribution in [2.75, 3.05) is 18.9 Å². The van der Waals surface area contributed by atoms with Crippen molar-refractivity contribution in [3.8, 4) is 23.0 Å². The molecule has 0 unspecified atom stereocenters. The topological polar surface area (TPSA) is 182 Å². The summed E-state index contributed by atoms with van der Waals surface area (Å²) < 4.78 is 48.6. The molecule has 45 heavy (non-hydrogen) atoms. The molecule has 2 aromatic heterocycles. The van der Waals surface area contributed by atoms with Crippen molar-refractivity contribution >= 4 is 51.5 Å². The Kier molecular flexibility index (Phi) is 8.95. The highest BCUT2D eigenvalue weighted by molar-refractivity contribution is 7.92. The first-order valence-electron chi connectivity index (χ1n) is 13.2. The molecule has 0 fully saturated rings. The molecule has 0 saturated heterocycles. The molecule has 14 heteroatoms. The molecule has 5 aromatic rings. The summed E-state index contributed by atoms with van der Waals surface area (Å²) in [6.07, 6.45) is 6.77. The van der Waals surface area contributed by atoms with Gasteiger partial charge in [0.2, 0.25) is 0 Å². The average Bonchev–Trinajstić information content (AvgIpc) is 3.63. The summed E-state index contributed by atoms with van der Waals surface area (Å²) >= 11 is 0. The predicted octanol–water partition coefficient (Wildman–Crippen LogP) is 6.96. The fourth-order valence-electron chi connectivity index (χ4n) is 3.98. The zero-order valence-corrected chi connectivity index (χ0v) is 25.0. The third kappa shape index (κ3) is 7.37. The second-order valence-electron chi connectivity index (χ2n) is 9.43. The molecular weight excluding hydrogens is 602 g/mol. The van der Waals surface area contributed by atoms with Gasteiger partial charge < -0.3 is 28.7 Å². The Bertz CT molecular complexity index is 1930. The molecule has 0 radical (unpaired) electrons. The van der Waals surface area contributed by atoms with Gasteiger partial charge in [0.05, 0.1) is 24.8 Å².